The zero-order chi connectivity index (χ0) is 22.2. The molecule has 1 fully saturated rings. The van der Waals surface area contributed by atoms with Crippen LogP contribution in [0.4, 0.5) is 14.5 Å². The van der Waals surface area contributed by atoms with Gasteiger partial charge in [-0.3, -0.25) is 4.79 Å². The predicted octanol–water partition coefficient (Wildman–Crippen LogP) is 4.25. The first-order valence-electron chi connectivity index (χ1n) is 9.13. The average molecular weight is 485 g/mol. The van der Waals surface area contributed by atoms with Gasteiger partial charge in [-0.15, -0.1) is 10.2 Å². The summed E-state index contributed by atoms with van der Waals surface area (Å²) in [5.74, 6) is -2.42. The molecule has 2 aromatic carbocycles. The molecule has 3 aromatic rings. The van der Waals surface area contributed by atoms with E-state index in [2.05, 4.69) is 15.5 Å². The SMILES string of the molecule is O=C(Nc1ccc(F)cc1F)c1nnc(C2CCCN2S(=O)(=O)c2ccccc2Cl)s1. The lowest BCUT2D eigenvalue weighted by molar-refractivity contribution is 0.102. The molecule has 0 aliphatic carbocycles. The van der Waals surface area contributed by atoms with Crippen molar-refractivity contribution in [2.45, 2.75) is 23.8 Å². The number of amides is 1. The van der Waals surface area contributed by atoms with Crippen molar-refractivity contribution in [1.29, 1.82) is 0 Å². The largest absolute Gasteiger partial charge is 0.317 e. The fourth-order valence-electron chi connectivity index (χ4n) is 3.28. The number of benzene rings is 2. The molecule has 4 rings (SSSR count). The Morgan fingerprint density at radius 3 is 2.71 bits per heavy atom. The van der Waals surface area contributed by atoms with Crippen LogP contribution in [0.2, 0.25) is 5.02 Å². The van der Waals surface area contributed by atoms with Crippen LogP contribution in [0, 0.1) is 11.6 Å². The van der Waals surface area contributed by atoms with Crippen molar-refractivity contribution in [2.75, 3.05) is 11.9 Å². The van der Waals surface area contributed by atoms with Gasteiger partial charge >= 0.3 is 0 Å². The molecule has 162 valence electrons. The van der Waals surface area contributed by atoms with Crippen molar-refractivity contribution < 1.29 is 22.0 Å². The number of anilines is 1. The van der Waals surface area contributed by atoms with Crippen LogP contribution in [-0.4, -0.2) is 35.4 Å². The monoisotopic (exact) mass is 484 g/mol. The lowest BCUT2D eigenvalue weighted by Gasteiger charge is -2.22. The van der Waals surface area contributed by atoms with E-state index in [1.54, 1.807) is 12.1 Å². The highest BCUT2D eigenvalue weighted by Gasteiger charge is 2.39. The summed E-state index contributed by atoms with van der Waals surface area (Å²) in [7, 11) is -3.88. The first-order valence-corrected chi connectivity index (χ1v) is 11.8. The highest BCUT2D eigenvalue weighted by Crippen LogP contribution is 2.39. The number of hydrogen-bond donors (Lipinski definition) is 1. The third-order valence-electron chi connectivity index (χ3n) is 4.73. The van der Waals surface area contributed by atoms with E-state index in [1.807, 2.05) is 0 Å². The van der Waals surface area contributed by atoms with E-state index in [9.17, 15) is 22.0 Å². The van der Waals surface area contributed by atoms with Gasteiger partial charge in [0.1, 0.15) is 21.5 Å². The summed E-state index contributed by atoms with van der Waals surface area (Å²) in [6.45, 7) is 0.278. The van der Waals surface area contributed by atoms with Gasteiger partial charge in [-0.05, 0) is 37.1 Å². The highest BCUT2D eigenvalue weighted by molar-refractivity contribution is 7.89. The summed E-state index contributed by atoms with van der Waals surface area (Å²) in [6.07, 6.45) is 1.11. The first kappa shape index (κ1) is 21.8. The van der Waals surface area contributed by atoms with E-state index in [1.165, 1.54) is 16.4 Å². The molecular weight excluding hydrogens is 470 g/mol. The molecule has 31 heavy (non-hydrogen) atoms. The second kappa shape index (κ2) is 8.58. The van der Waals surface area contributed by atoms with E-state index in [0.29, 0.717) is 23.9 Å². The minimum atomic E-state index is -3.88. The Hall–Kier alpha value is -2.47. The van der Waals surface area contributed by atoms with Crippen LogP contribution in [-0.2, 0) is 10.0 Å². The maximum Gasteiger partial charge on any atom is 0.286 e. The average Bonchev–Trinajstić information content (AvgIpc) is 3.40. The van der Waals surface area contributed by atoms with E-state index in [4.69, 9.17) is 11.6 Å². The Morgan fingerprint density at radius 2 is 1.97 bits per heavy atom. The number of aromatic nitrogens is 2. The van der Waals surface area contributed by atoms with Crippen molar-refractivity contribution in [2.24, 2.45) is 0 Å². The molecule has 7 nitrogen and oxygen atoms in total. The quantitative estimate of drug-likeness (QED) is 0.584. The summed E-state index contributed by atoms with van der Waals surface area (Å²) < 4.78 is 54.4. The number of nitrogens with one attached hydrogen (secondary N) is 1. The zero-order valence-corrected chi connectivity index (χ0v) is 18.1. The van der Waals surface area contributed by atoms with E-state index < -0.39 is 33.6 Å². The van der Waals surface area contributed by atoms with Crippen LogP contribution in [0.1, 0.15) is 33.7 Å². The van der Waals surface area contributed by atoms with Crippen molar-refractivity contribution in [3.05, 3.63) is 69.1 Å². The number of carbonyl (C=O) groups is 1. The molecule has 1 amide bonds. The summed E-state index contributed by atoms with van der Waals surface area (Å²) in [4.78, 5) is 12.4. The van der Waals surface area contributed by atoms with E-state index >= 15 is 0 Å². The van der Waals surface area contributed by atoms with Gasteiger partial charge in [0.2, 0.25) is 15.0 Å². The van der Waals surface area contributed by atoms with Crippen molar-refractivity contribution in [1.82, 2.24) is 14.5 Å². The van der Waals surface area contributed by atoms with E-state index in [-0.39, 0.29) is 27.2 Å². The number of nitrogens with zero attached hydrogens (tertiary/aromatic N) is 3. The molecule has 0 radical (unpaired) electrons. The van der Waals surface area contributed by atoms with Gasteiger partial charge in [0.05, 0.1) is 16.8 Å². The summed E-state index contributed by atoms with van der Waals surface area (Å²) in [6, 6.07) is 8.33. The van der Waals surface area contributed by atoms with Gasteiger partial charge in [-0.1, -0.05) is 35.1 Å². The second-order valence-electron chi connectivity index (χ2n) is 6.73. The summed E-state index contributed by atoms with van der Waals surface area (Å²) in [5.41, 5.74) is -0.202. The highest BCUT2D eigenvalue weighted by atomic mass is 35.5. The van der Waals surface area contributed by atoms with Crippen molar-refractivity contribution in [3.8, 4) is 0 Å². The Balaban J connectivity index is 1.56. The number of rotatable bonds is 5. The lowest BCUT2D eigenvalue weighted by Crippen LogP contribution is -2.30. The second-order valence-corrected chi connectivity index (χ2v) is 10.0. The number of halogens is 3. The van der Waals surface area contributed by atoms with E-state index in [0.717, 1.165) is 23.5 Å². The zero-order valence-electron chi connectivity index (χ0n) is 15.8. The van der Waals surface area contributed by atoms with Gasteiger partial charge < -0.3 is 5.32 Å². The number of sulfonamides is 1. The van der Waals surface area contributed by atoms with Gasteiger partial charge in [0.15, 0.2) is 0 Å². The summed E-state index contributed by atoms with van der Waals surface area (Å²) >= 11 is 7.00. The van der Waals surface area contributed by atoms with Gasteiger partial charge in [0.25, 0.3) is 5.91 Å². The first-order chi connectivity index (χ1) is 14.8. The molecule has 1 aromatic heterocycles. The van der Waals surface area contributed by atoms with Crippen LogP contribution in [0.15, 0.2) is 47.4 Å². The molecular formula is C19H15ClF2N4O3S2. The maximum atomic E-state index is 13.8. The van der Waals surface area contributed by atoms with Crippen LogP contribution in [0.25, 0.3) is 0 Å². The standard InChI is InChI=1S/C19H15ClF2N4O3S2/c20-12-4-1-2-6-16(12)31(28,29)26-9-3-5-15(26)18-24-25-19(30-18)17(27)23-14-8-7-11(21)10-13(14)22/h1-2,4,6-8,10,15H,3,5,9H2,(H,23,27). The number of carbonyl (C=O) groups excluding carboxylic acids is 1. The molecule has 12 heteroatoms. The molecule has 0 saturated carbocycles. The molecule has 1 saturated heterocycles. The molecule has 1 aliphatic heterocycles. The summed E-state index contributed by atoms with van der Waals surface area (Å²) in [5, 5.41) is 10.5. The van der Waals surface area contributed by atoms with Gasteiger partial charge in [-0.25, -0.2) is 17.2 Å². The van der Waals surface area contributed by atoms with Crippen molar-refractivity contribution >= 4 is 44.6 Å². The topological polar surface area (TPSA) is 92.3 Å². The lowest BCUT2D eigenvalue weighted by atomic mass is 10.2. The molecule has 1 aliphatic rings. The van der Waals surface area contributed by atoms with Crippen LogP contribution in [0.3, 0.4) is 0 Å². The van der Waals surface area contributed by atoms with Crippen molar-refractivity contribution in [3.63, 3.8) is 0 Å². The Morgan fingerprint density at radius 1 is 1.19 bits per heavy atom. The number of hydrogen-bond acceptors (Lipinski definition) is 6. The molecule has 1 unspecified atom stereocenters. The molecule has 0 spiro atoms. The molecule has 1 atom stereocenters. The smallest absolute Gasteiger partial charge is 0.286 e. The normalized spacial score (nSPS) is 17.1. The third kappa shape index (κ3) is 4.31. The Kier molecular flexibility index (Phi) is 6.02. The van der Waals surface area contributed by atoms with Crippen LogP contribution >= 0.6 is 22.9 Å². The Labute approximate surface area is 185 Å². The fourth-order valence-corrected chi connectivity index (χ4v) is 6.39. The van der Waals surface area contributed by atoms with Gasteiger partial charge in [-0.2, -0.15) is 4.31 Å². The minimum absolute atomic E-state index is 0.00201. The molecule has 2 heterocycles. The van der Waals surface area contributed by atoms with Gasteiger partial charge in [0, 0.05) is 12.6 Å². The fraction of sp³-hybridized carbons (Fsp3) is 0.211. The third-order valence-corrected chi connectivity index (χ3v) is 8.16. The Bertz CT molecular complexity index is 1250. The van der Waals surface area contributed by atoms with Crippen LogP contribution < -0.4 is 5.32 Å². The van der Waals surface area contributed by atoms with Crippen LogP contribution in [0.5, 0.6) is 0 Å². The predicted molar refractivity (Wildman–Crippen MR) is 112 cm³/mol. The molecule has 0 bridgehead atoms. The minimum Gasteiger partial charge on any atom is -0.317 e. The molecule has 1 N–H and O–H groups in total. The maximum absolute atomic E-state index is 13.8.